The topological polar surface area (TPSA) is 56.1 Å². The van der Waals surface area contributed by atoms with Crippen LogP contribution in [0.4, 0.5) is 5.82 Å². The lowest BCUT2D eigenvalue weighted by Crippen LogP contribution is -2.36. The molecule has 2 aromatic heterocycles. The lowest BCUT2D eigenvalue weighted by Gasteiger charge is -2.27. The molecule has 0 N–H and O–H groups in total. The highest BCUT2D eigenvalue weighted by molar-refractivity contribution is 5.82. The monoisotopic (exact) mass is 377 g/mol. The molecule has 1 aliphatic carbocycles. The fourth-order valence-corrected chi connectivity index (χ4v) is 4.52. The molecule has 2 fully saturated rings. The van der Waals surface area contributed by atoms with Crippen molar-refractivity contribution in [3.8, 4) is 11.1 Å². The predicted octanol–water partition coefficient (Wildman–Crippen LogP) is 3.91. The van der Waals surface area contributed by atoms with Gasteiger partial charge in [0.05, 0.1) is 36.1 Å². The van der Waals surface area contributed by atoms with Gasteiger partial charge in [-0.25, -0.2) is 4.98 Å². The van der Waals surface area contributed by atoms with Crippen molar-refractivity contribution >= 4 is 16.9 Å². The molecule has 1 aliphatic heterocycles. The summed E-state index contributed by atoms with van der Waals surface area (Å²) in [6, 6.07) is 6.42. The summed E-state index contributed by atoms with van der Waals surface area (Å²) < 4.78 is 7.42. The molecule has 0 unspecified atom stereocenters. The predicted molar refractivity (Wildman–Crippen MR) is 111 cm³/mol. The van der Waals surface area contributed by atoms with Gasteiger partial charge < -0.3 is 9.64 Å². The Labute approximate surface area is 165 Å². The number of aromatic nitrogens is 4. The zero-order chi connectivity index (χ0) is 18.9. The second-order valence-corrected chi connectivity index (χ2v) is 7.97. The van der Waals surface area contributed by atoms with Crippen molar-refractivity contribution in [1.29, 1.82) is 0 Å². The van der Waals surface area contributed by atoms with E-state index in [1.165, 1.54) is 48.9 Å². The van der Waals surface area contributed by atoms with Gasteiger partial charge in [-0.15, -0.1) is 0 Å². The van der Waals surface area contributed by atoms with Gasteiger partial charge in [-0.1, -0.05) is 25.3 Å². The zero-order valence-electron chi connectivity index (χ0n) is 16.5. The third-order valence-corrected chi connectivity index (χ3v) is 6.02. The number of morpholine rings is 1. The van der Waals surface area contributed by atoms with E-state index in [4.69, 9.17) is 14.8 Å². The number of nitrogens with zero attached hydrogens (tertiary/aromatic N) is 5. The number of ether oxygens (including phenoxy) is 1. The van der Waals surface area contributed by atoms with Gasteiger partial charge in [0.15, 0.2) is 0 Å². The summed E-state index contributed by atoms with van der Waals surface area (Å²) >= 11 is 0. The Hall–Kier alpha value is -2.47. The van der Waals surface area contributed by atoms with Crippen LogP contribution < -0.4 is 4.90 Å². The fourth-order valence-electron chi connectivity index (χ4n) is 4.52. The van der Waals surface area contributed by atoms with E-state index in [0.29, 0.717) is 5.92 Å². The second kappa shape index (κ2) is 7.51. The Morgan fingerprint density at radius 3 is 2.68 bits per heavy atom. The van der Waals surface area contributed by atoms with E-state index in [0.717, 1.165) is 43.2 Å². The number of benzene rings is 1. The summed E-state index contributed by atoms with van der Waals surface area (Å²) in [4.78, 5) is 11.8. The molecule has 6 heteroatoms. The third kappa shape index (κ3) is 3.37. The molecule has 6 nitrogen and oxygen atoms in total. The van der Waals surface area contributed by atoms with Crippen LogP contribution in [-0.2, 0) is 11.8 Å². The van der Waals surface area contributed by atoms with Crippen molar-refractivity contribution in [3.05, 3.63) is 36.3 Å². The van der Waals surface area contributed by atoms with E-state index in [2.05, 4.69) is 34.3 Å². The maximum atomic E-state index is 5.46. The first-order valence-electron chi connectivity index (χ1n) is 10.4. The summed E-state index contributed by atoms with van der Waals surface area (Å²) in [5.41, 5.74) is 5.56. The van der Waals surface area contributed by atoms with E-state index < -0.39 is 0 Å². The van der Waals surface area contributed by atoms with E-state index in [-0.39, 0.29) is 0 Å². The number of anilines is 1. The Morgan fingerprint density at radius 1 is 1.04 bits per heavy atom. The Kier molecular flexibility index (Phi) is 4.72. The van der Waals surface area contributed by atoms with Crippen LogP contribution in [0.1, 0.15) is 43.7 Å². The van der Waals surface area contributed by atoms with Crippen molar-refractivity contribution in [2.45, 2.75) is 38.0 Å². The molecule has 0 atom stereocenters. The van der Waals surface area contributed by atoms with Crippen LogP contribution in [-0.4, -0.2) is 46.1 Å². The quantitative estimate of drug-likeness (QED) is 0.693. The third-order valence-electron chi connectivity index (χ3n) is 6.02. The van der Waals surface area contributed by atoms with E-state index >= 15 is 0 Å². The molecular weight excluding hydrogens is 350 g/mol. The molecule has 0 bridgehead atoms. The molecule has 3 aromatic rings. The number of rotatable bonds is 3. The van der Waals surface area contributed by atoms with Gasteiger partial charge in [-0.05, 0) is 30.5 Å². The van der Waals surface area contributed by atoms with Gasteiger partial charge in [0.1, 0.15) is 5.82 Å². The van der Waals surface area contributed by atoms with Crippen molar-refractivity contribution in [3.63, 3.8) is 0 Å². The molecule has 2 aliphatic rings. The van der Waals surface area contributed by atoms with Gasteiger partial charge >= 0.3 is 0 Å². The lowest BCUT2D eigenvalue weighted by molar-refractivity contribution is 0.122. The Bertz CT molecular complexity index is 970. The Balaban J connectivity index is 1.52. The molecule has 5 rings (SSSR count). The minimum Gasteiger partial charge on any atom is -0.378 e. The smallest absolute Gasteiger partial charge is 0.148 e. The first-order chi connectivity index (χ1) is 13.8. The molecule has 1 aromatic carbocycles. The molecular formula is C22H27N5O. The summed E-state index contributed by atoms with van der Waals surface area (Å²) in [6.07, 6.45) is 10.5. The van der Waals surface area contributed by atoms with Gasteiger partial charge in [0.25, 0.3) is 0 Å². The summed E-state index contributed by atoms with van der Waals surface area (Å²) in [5.74, 6) is 1.51. The van der Waals surface area contributed by atoms with Crippen molar-refractivity contribution in [2.75, 3.05) is 31.2 Å². The molecule has 146 valence electrons. The fraction of sp³-hybridized carbons (Fsp3) is 0.500. The van der Waals surface area contributed by atoms with E-state index in [9.17, 15) is 0 Å². The zero-order valence-corrected chi connectivity index (χ0v) is 16.5. The largest absolute Gasteiger partial charge is 0.378 e. The SMILES string of the molecule is Cn1cc(-c2ccc3ncc(N4CCOCC4)nc3c2)c(C2CCCCC2)n1. The summed E-state index contributed by atoms with van der Waals surface area (Å²) in [7, 11) is 2.02. The average molecular weight is 377 g/mol. The minimum absolute atomic E-state index is 0.575. The highest BCUT2D eigenvalue weighted by Gasteiger charge is 2.22. The number of hydrogen-bond acceptors (Lipinski definition) is 5. The highest BCUT2D eigenvalue weighted by atomic mass is 16.5. The lowest BCUT2D eigenvalue weighted by atomic mass is 9.84. The van der Waals surface area contributed by atoms with Crippen LogP contribution in [0.15, 0.2) is 30.6 Å². The van der Waals surface area contributed by atoms with Crippen LogP contribution in [0, 0.1) is 0 Å². The van der Waals surface area contributed by atoms with Crippen LogP contribution in [0.5, 0.6) is 0 Å². The molecule has 1 saturated heterocycles. The molecule has 0 radical (unpaired) electrons. The molecule has 0 spiro atoms. The van der Waals surface area contributed by atoms with Crippen LogP contribution in [0.2, 0.25) is 0 Å². The van der Waals surface area contributed by atoms with Crippen LogP contribution in [0.25, 0.3) is 22.2 Å². The van der Waals surface area contributed by atoms with Crippen molar-refractivity contribution in [2.24, 2.45) is 7.05 Å². The van der Waals surface area contributed by atoms with Gasteiger partial charge in [-0.2, -0.15) is 5.10 Å². The van der Waals surface area contributed by atoms with E-state index in [1.807, 2.05) is 17.9 Å². The van der Waals surface area contributed by atoms with E-state index in [1.54, 1.807) is 0 Å². The van der Waals surface area contributed by atoms with Crippen LogP contribution in [0.3, 0.4) is 0 Å². The highest BCUT2D eigenvalue weighted by Crippen LogP contribution is 2.37. The summed E-state index contributed by atoms with van der Waals surface area (Å²) in [6.45, 7) is 3.24. The second-order valence-electron chi connectivity index (χ2n) is 7.97. The maximum Gasteiger partial charge on any atom is 0.148 e. The van der Waals surface area contributed by atoms with Gasteiger partial charge in [0.2, 0.25) is 0 Å². The molecule has 3 heterocycles. The average Bonchev–Trinajstić information content (AvgIpc) is 3.16. The Morgan fingerprint density at radius 2 is 1.86 bits per heavy atom. The standard InChI is InChI=1S/C22H27N5O/c1-26-15-18(22(25-26)16-5-3-2-4-6-16)17-7-8-19-20(13-17)24-21(14-23-19)27-9-11-28-12-10-27/h7-8,13-16H,2-6,9-12H2,1H3. The number of fused-ring (bicyclic) bond motifs is 1. The van der Waals surface area contributed by atoms with Gasteiger partial charge in [-0.3, -0.25) is 9.67 Å². The summed E-state index contributed by atoms with van der Waals surface area (Å²) in [5, 5.41) is 4.84. The number of hydrogen-bond donors (Lipinski definition) is 0. The first-order valence-corrected chi connectivity index (χ1v) is 10.4. The molecule has 0 amide bonds. The molecule has 1 saturated carbocycles. The van der Waals surface area contributed by atoms with Gasteiger partial charge in [0, 0.05) is 37.8 Å². The maximum absolute atomic E-state index is 5.46. The molecule has 28 heavy (non-hydrogen) atoms. The van der Waals surface area contributed by atoms with Crippen molar-refractivity contribution < 1.29 is 4.74 Å². The van der Waals surface area contributed by atoms with Crippen LogP contribution >= 0.6 is 0 Å². The first kappa shape index (κ1) is 17.6. The normalized spacial score (nSPS) is 18.7. The number of aryl methyl sites for hydroxylation is 1. The minimum atomic E-state index is 0.575. The van der Waals surface area contributed by atoms with Crippen molar-refractivity contribution in [1.82, 2.24) is 19.7 Å².